The van der Waals surface area contributed by atoms with Gasteiger partial charge in [-0.05, 0) is 48.4 Å². The molecule has 0 saturated carbocycles. The Hall–Kier alpha value is -3.56. The summed E-state index contributed by atoms with van der Waals surface area (Å²) in [5.41, 5.74) is 2.40. The second kappa shape index (κ2) is 9.36. The third kappa shape index (κ3) is 4.57. The first-order valence-electron chi connectivity index (χ1n) is 11.1. The van der Waals surface area contributed by atoms with E-state index in [1.165, 1.54) is 6.20 Å². The lowest BCUT2D eigenvalue weighted by molar-refractivity contribution is 0.0982. The highest BCUT2D eigenvalue weighted by atomic mass is 32.2. The number of hydrogen-bond acceptors (Lipinski definition) is 7. The molecule has 2 aromatic heterocycles. The number of Topliss-reactive ketones (excluding diaryl/α,β-unsaturated/α-hetero) is 1. The fourth-order valence-electron chi connectivity index (χ4n) is 3.99. The molecular formula is C25H24N4O4S. The maximum Gasteiger partial charge on any atom is 0.233 e. The van der Waals surface area contributed by atoms with Gasteiger partial charge in [0.05, 0.1) is 28.6 Å². The van der Waals surface area contributed by atoms with Crippen molar-refractivity contribution in [3.8, 4) is 0 Å². The Labute approximate surface area is 197 Å². The molecule has 4 aromatic rings. The van der Waals surface area contributed by atoms with Crippen LogP contribution in [0.5, 0.6) is 0 Å². The van der Waals surface area contributed by atoms with Gasteiger partial charge in [0, 0.05) is 50.0 Å². The maximum atomic E-state index is 13.1. The van der Waals surface area contributed by atoms with Crippen LogP contribution >= 0.6 is 0 Å². The van der Waals surface area contributed by atoms with E-state index in [4.69, 9.17) is 4.74 Å². The number of carbonyl (C=O) groups excluding carboxylic acids is 1. The fourth-order valence-corrected chi connectivity index (χ4v) is 5.25. The summed E-state index contributed by atoms with van der Waals surface area (Å²) in [5, 5.41) is 0. The van der Waals surface area contributed by atoms with Crippen molar-refractivity contribution in [3.63, 3.8) is 0 Å². The number of anilines is 1. The lowest BCUT2D eigenvalue weighted by Crippen LogP contribution is -2.36. The van der Waals surface area contributed by atoms with Gasteiger partial charge in [-0.1, -0.05) is 12.1 Å². The van der Waals surface area contributed by atoms with Crippen molar-refractivity contribution < 1.29 is 17.9 Å². The van der Waals surface area contributed by atoms with Crippen molar-refractivity contribution >= 4 is 27.1 Å². The lowest BCUT2D eigenvalue weighted by Gasteiger charge is -2.28. The number of ketones is 1. The van der Waals surface area contributed by atoms with Crippen LogP contribution in [-0.4, -0.2) is 54.9 Å². The number of sulfone groups is 1. The largest absolute Gasteiger partial charge is 0.378 e. The lowest BCUT2D eigenvalue weighted by atomic mass is 10.0. The Morgan fingerprint density at radius 2 is 1.62 bits per heavy atom. The molecule has 0 unspecified atom stereocenters. The third-order valence-corrected chi connectivity index (χ3v) is 7.75. The highest BCUT2D eigenvalue weighted by molar-refractivity contribution is 7.91. The number of imidazole rings is 1. The monoisotopic (exact) mass is 476 g/mol. The normalized spacial score (nSPS) is 14.4. The molecule has 0 bridgehead atoms. The predicted molar refractivity (Wildman–Crippen MR) is 127 cm³/mol. The number of rotatable bonds is 7. The predicted octanol–water partition coefficient (Wildman–Crippen LogP) is 3.21. The van der Waals surface area contributed by atoms with Crippen LogP contribution in [0.1, 0.15) is 22.3 Å². The minimum absolute atomic E-state index is 0.0276. The van der Waals surface area contributed by atoms with Gasteiger partial charge in [-0.25, -0.2) is 18.4 Å². The molecule has 34 heavy (non-hydrogen) atoms. The summed E-state index contributed by atoms with van der Waals surface area (Å²) in [6, 6.07) is 13.7. The number of aryl methyl sites for hydroxylation is 1. The molecule has 0 N–H and O–H groups in total. The van der Waals surface area contributed by atoms with Crippen molar-refractivity contribution in [3.05, 3.63) is 84.4 Å². The highest BCUT2D eigenvalue weighted by Crippen LogP contribution is 2.25. The number of fused-ring (bicyclic) bond motifs is 1. The van der Waals surface area contributed by atoms with Gasteiger partial charge in [-0.2, -0.15) is 0 Å². The summed E-state index contributed by atoms with van der Waals surface area (Å²) in [5.74, 6) is 0.518. The summed E-state index contributed by atoms with van der Waals surface area (Å²) in [4.78, 5) is 23.5. The summed E-state index contributed by atoms with van der Waals surface area (Å²) in [6.45, 7) is 2.94. The average molecular weight is 477 g/mol. The average Bonchev–Trinajstić information content (AvgIpc) is 3.36. The van der Waals surface area contributed by atoms with Crippen molar-refractivity contribution in [1.29, 1.82) is 0 Å². The molecule has 8 nitrogen and oxygen atoms in total. The number of benzene rings is 2. The van der Waals surface area contributed by atoms with Crippen LogP contribution in [-0.2, 0) is 21.0 Å². The quantitative estimate of drug-likeness (QED) is 0.378. The number of morpholine rings is 1. The smallest absolute Gasteiger partial charge is 0.233 e. The first-order chi connectivity index (χ1) is 16.5. The minimum Gasteiger partial charge on any atom is -0.378 e. The van der Waals surface area contributed by atoms with E-state index in [-0.39, 0.29) is 15.6 Å². The van der Waals surface area contributed by atoms with E-state index in [0.717, 1.165) is 24.3 Å². The Kier molecular flexibility index (Phi) is 6.12. The van der Waals surface area contributed by atoms with E-state index in [9.17, 15) is 13.2 Å². The molecule has 5 rings (SSSR count). The molecule has 0 radical (unpaired) electrons. The van der Waals surface area contributed by atoms with Crippen LogP contribution in [0.3, 0.4) is 0 Å². The van der Waals surface area contributed by atoms with Crippen LogP contribution in [0.2, 0.25) is 0 Å². The van der Waals surface area contributed by atoms with E-state index in [0.29, 0.717) is 37.4 Å². The zero-order valence-electron chi connectivity index (χ0n) is 18.5. The first-order valence-corrected chi connectivity index (χ1v) is 12.6. The molecule has 9 heteroatoms. The zero-order chi connectivity index (χ0) is 23.5. The number of ether oxygens (including phenoxy) is 1. The number of hydrogen-bond donors (Lipinski definition) is 0. The third-order valence-electron chi connectivity index (χ3n) is 5.97. The molecule has 1 fully saturated rings. The Balaban J connectivity index is 1.24. The second-order valence-corrected chi connectivity index (χ2v) is 10.1. The standard InChI is InChI=1S/C25H24N4O4S/c30-24(20-17-27-25-26-11-12-29(25)18-20)10-3-19-1-6-22(7-2-19)34(31,32)23-8-4-21(5-9-23)28-13-15-33-16-14-28/h1-2,4-9,11-12,17-18H,3,10,13-16H2. The molecule has 1 saturated heterocycles. The molecule has 174 valence electrons. The Morgan fingerprint density at radius 3 is 2.32 bits per heavy atom. The van der Waals surface area contributed by atoms with E-state index < -0.39 is 9.84 Å². The molecule has 1 aliphatic heterocycles. The first kappa shape index (κ1) is 22.2. The number of aromatic nitrogens is 3. The minimum atomic E-state index is -3.62. The van der Waals surface area contributed by atoms with Gasteiger partial charge in [-0.15, -0.1) is 0 Å². The topological polar surface area (TPSA) is 93.9 Å². The van der Waals surface area contributed by atoms with Gasteiger partial charge in [0.2, 0.25) is 15.6 Å². The van der Waals surface area contributed by atoms with Gasteiger partial charge in [0.1, 0.15) is 0 Å². The SMILES string of the molecule is O=C(CCc1ccc(S(=O)(=O)c2ccc(N3CCOCC3)cc2)cc1)c1cnc2nccn2c1. The molecule has 0 atom stereocenters. The van der Waals surface area contributed by atoms with Crippen LogP contribution in [0, 0.1) is 0 Å². The van der Waals surface area contributed by atoms with Gasteiger partial charge < -0.3 is 9.64 Å². The summed E-state index contributed by atoms with van der Waals surface area (Å²) in [6.07, 6.45) is 7.44. The highest BCUT2D eigenvalue weighted by Gasteiger charge is 2.19. The molecule has 0 amide bonds. The summed E-state index contributed by atoms with van der Waals surface area (Å²) >= 11 is 0. The molecule has 0 aliphatic carbocycles. The molecule has 2 aromatic carbocycles. The number of carbonyl (C=O) groups is 1. The van der Waals surface area contributed by atoms with Crippen molar-refractivity contribution in [1.82, 2.24) is 14.4 Å². The van der Waals surface area contributed by atoms with Gasteiger partial charge in [-0.3, -0.25) is 9.20 Å². The van der Waals surface area contributed by atoms with E-state index >= 15 is 0 Å². The van der Waals surface area contributed by atoms with Gasteiger partial charge in [0.25, 0.3) is 0 Å². The van der Waals surface area contributed by atoms with Crippen LogP contribution in [0.25, 0.3) is 5.78 Å². The van der Waals surface area contributed by atoms with Gasteiger partial charge in [0.15, 0.2) is 5.78 Å². The van der Waals surface area contributed by atoms with Crippen molar-refractivity contribution in [2.24, 2.45) is 0 Å². The van der Waals surface area contributed by atoms with E-state index in [2.05, 4.69) is 14.9 Å². The maximum absolute atomic E-state index is 13.1. The van der Waals surface area contributed by atoms with Crippen LogP contribution < -0.4 is 4.90 Å². The second-order valence-electron chi connectivity index (χ2n) is 8.14. The zero-order valence-corrected chi connectivity index (χ0v) is 19.3. The number of nitrogens with zero attached hydrogens (tertiary/aromatic N) is 4. The van der Waals surface area contributed by atoms with Gasteiger partial charge >= 0.3 is 0 Å². The summed E-state index contributed by atoms with van der Waals surface area (Å²) in [7, 11) is -3.62. The fraction of sp³-hybridized carbons (Fsp3) is 0.240. The molecule has 1 aliphatic rings. The Morgan fingerprint density at radius 1 is 0.941 bits per heavy atom. The molecule has 0 spiro atoms. The van der Waals surface area contributed by atoms with Crippen LogP contribution in [0.15, 0.2) is 83.1 Å². The van der Waals surface area contributed by atoms with Crippen molar-refractivity contribution in [2.75, 3.05) is 31.2 Å². The van der Waals surface area contributed by atoms with Crippen LogP contribution in [0.4, 0.5) is 5.69 Å². The van der Waals surface area contributed by atoms with E-state index in [1.807, 2.05) is 12.1 Å². The molecular weight excluding hydrogens is 452 g/mol. The van der Waals surface area contributed by atoms with Crippen molar-refractivity contribution in [2.45, 2.75) is 22.6 Å². The molecule has 3 heterocycles. The Bertz CT molecular complexity index is 1410. The summed E-state index contributed by atoms with van der Waals surface area (Å²) < 4.78 is 33.2. The van der Waals surface area contributed by atoms with E-state index in [1.54, 1.807) is 59.4 Å².